The van der Waals surface area contributed by atoms with Gasteiger partial charge in [-0.1, -0.05) is 0 Å². The Kier molecular flexibility index (Phi) is 10.7. The van der Waals surface area contributed by atoms with Gasteiger partial charge < -0.3 is 9.79 Å². The third-order valence-corrected chi connectivity index (χ3v) is 1.40. The molecule has 3 nitrogen and oxygen atoms in total. The molecule has 0 heterocycles. The Labute approximate surface area is 49.6 Å². The molecule has 0 fully saturated rings. The summed E-state index contributed by atoms with van der Waals surface area (Å²) < 4.78 is 9.56. The smallest absolute Gasteiger partial charge is 0.324 e. The molecule has 0 aromatic carbocycles. The Hall–Kier alpha value is 0.300. The van der Waals surface area contributed by atoms with Crippen LogP contribution in [0.15, 0.2) is 0 Å². The summed E-state index contributed by atoms with van der Waals surface area (Å²) in [4.78, 5) is 15.6. The van der Waals surface area contributed by atoms with Gasteiger partial charge in [0.2, 0.25) is 0 Å². The molecule has 0 rings (SSSR count). The molecular formula is CH6ClF2O3P. The van der Waals surface area contributed by atoms with E-state index in [2.05, 4.69) is 0 Å². The van der Waals surface area contributed by atoms with E-state index in [0.717, 1.165) is 0 Å². The highest BCUT2D eigenvalue weighted by Crippen LogP contribution is 2.34. The van der Waals surface area contributed by atoms with Gasteiger partial charge in [0.05, 0.1) is 0 Å². The summed E-state index contributed by atoms with van der Waals surface area (Å²) in [6.45, 7) is 0. The van der Waals surface area contributed by atoms with Crippen molar-refractivity contribution in [2.45, 2.75) is 0 Å². The van der Waals surface area contributed by atoms with Gasteiger partial charge in [0, 0.05) is 0 Å². The number of hydrogen-bond acceptors (Lipinski definition) is 1. The van der Waals surface area contributed by atoms with Gasteiger partial charge in [-0.2, -0.15) is 0 Å². The number of rotatable bonds is 1. The van der Waals surface area contributed by atoms with Gasteiger partial charge in [0.25, 0.3) is 0 Å². The van der Waals surface area contributed by atoms with E-state index in [9.17, 15) is 4.57 Å². The van der Waals surface area contributed by atoms with Crippen molar-refractivity contribution in [3.8, 4) is 0 Å². The minimum Gasteiger partial charge on any atom is -0.324 e. The topological polar surface area (TPSA) is 57.5 Å². The van der Waals surface area contributed by atoms with Crippen LogP contribution in [0.4, 0.5) is 9.41 Å². The van der Waals surface area contributed by atoms with Crippen LogP contribution in [0, 0.1) is 0 Å². The van der Waals surface area contributed by atoms with E-state index in [1.807, 2.05) is 0 Å². The van der Waals surface area contributed by atoms with E-state index in [1.54, 1.807) is 0 Å². The predicted molar refractivity (Wildman–Crippen MR) is 27.8 cm³/mol. The van der Waals surface area contributed by atoms with Crippen LogP contribution in [-0.2, 0) is 4.57 Å². The van der Waals surface area contributed by atoms with Crippen LogP contribution in [0.5, 0.6) is 0 Å². The zero-order chi connectivity index (χ0) is 5.21. The number of hydrogen-bond donors (Lipinski definition) is 2. The molecule has 8 heavy (non-hydrogen) atoms. The third-order valence-electron chi connectivity index (χ3n) is 0.156. The number of halogens is 3. The lowest BCUT2D eigenvalue weighted by Gasteiger charge is -1.90. The lowest BCUT2D eigenvalue weighted by Crippen LogP contribution is -1.73. The van der Waals surface area contributed by atoms with Crippen LogP contribution in [0.25, 0.3) is 0 Å². The van der Waals surface area contributed by atoms with E-state index < -0.39 is 13.2 Å². The first-order chi connectivity index (χ1) is 2.56. The maximum Gasteiger partial charge on any atom is 0.340 e. The Morgan fingerprint density at radius 2 is 1.50 bits per heavy atom. The largest absolute Gasteiger partial charge is 0.340 e. The minimum atomic E-state index is -3.88. The normalized spacial score (nSPS) is 8.88. The van der Waals surface area contributed by atoms with Crippen LogP contribution in [0.2, 0.25) is 0 Å². The van der Waals surface area contributed by atoms with Crippen LogP contribution < -0.4 is 0 Å². The van der Waals surface area contributed by atoms with Gasteiger partial charge in [-0.25, -0.2) is 0 Å². The Balaban J connectivity index is -0.000000125. The molecule has 0 saturated carbocycles. The fraction of sp³-hybridized carbons (Fsp3) is 1.00. The molecule has 0 amide bonds. The molecule has 0 saturated heterocycles. The van der Waals surface area contributed by atoms with Crippen molar-refractivity contribution in [1.29, 1.82) is 0 Å². The molecule has 0 spiro atoms. The van der Waals surface area contributed by atoms with Gasteiger partial charge >= 0.3 is 7.60 Å². The minimum absolute atomic E-state index is 0. The molecule has 0 atom stereocenters. The summed E-state index contributed by atoms with van der Waals surface area (Å²) in [7, 11) is -3.88. The van der Waals surface area contributed by atoms with Crippen LogP contribution in [-0.4, -0.2) is 15.4 Å². The van der Waals surface area contributed by atoms with E-state index in [0.29, 0.717) is 0 Å². The quantitative estimate of drug-likeness (QED) is 0.449. The highest BCUT2D eigenvalue weighted by atomic mass is 35.5. The van der Waals surface area contributed by atoms with Crippen molar-refractivity contribution in [3.05, 3.63) is 0 Å². The van der Waals surface area contributed by atoms with E-state index in [-0.39, 0.29) is 9.41 Å². The molecule has 54 valence electrons. The molecule has 0 aromatic rings. The van der Waals surface area contributed by atoms with Gasteiger partial charge in [0.1, 0.15) is 5.62 Å². The predicted octanol–water partition coefficient (Wildman–Crippen LogP) is 0.665. The summed E-state index contributed by atoms with van der Waals surface area (Å²) in [5.41, 5.74) is -0.590. The van der Waals surface area contributed by atoms with Gasteiger partial charge in [-0.3, -0.25) is 14.0 Å². The lowest BCUT2D eigenvalue weighted by atomic mass is 11.9. The van der Waals surface area contributed by atoms with Gasteiger partial charge in [-0.05, 0) is 0 Å². The summed E-state index contributed by atoms with van der Waals surface area (Å²) in [5.74, 6) is 0. The second kappa shape index (κ2) is 5.44. The Bertz CT molecular complexity index is 81.4. The molecular weight excluding hydrogens is 164 g/mol. The summed E-state index contributed by atoms with van der Waals surface area (Å²) in [5, 5.41) is 0. The van der Waals surface area contributed by atoms with E-state index in [4.69, 9.17) is 21.4 Å². The van der Waals surface area contributed by atoms with Crippen molar-refractivity contribution in [2.24, 2.45) is 0 Å². The summed E-state index contributed by atoms with van der Waals surface area (Å²) >= 11 is 4.71. The van der Waals surface area contributed by atoms with Crippen molar-refractivity contribution in [2.75, 3.05) is 5.62 Å². The molecule has 7 heteroatoms. The van der Waals surface area contributed by atoms with E-state index >= 15 is 0 Å². The zero-order valence-corrected chi connectivity index (χ0v) is 5.30. The first-order valence-corrected chi connectivity index (χ1v) is 3.50. The molecule has 0 aliphatic carbocycles. The fourth-order valence-corrected chi connectivity index (χ4v) is 0. The average Bonchev–Trinajstić information content (AvgIpc) is 1.35. The molecule has 0 unspecified atom stereocenters. The monoisotopic (exact) mass is 170 g/mol. The molecule has 0 radical (unpaired) electrons. The second-order valence-corrected chi connectivity index (χ2v) is 3.07. The van der Waals surface area contributed by atoms with Crippen molar-refractivity contribution in [3.63, 3.8) is 0 Å². The summed E-state index contributed by atoms with van der Waals surface area (Å²) in [6, 6.07) is 0. The van der Waals surface area contributed by atoms with Crippen molar-refractivity contribution in [1.82, 2.24) is 0 Å². The molecule has 0 aliphatic rings. The van der Waals surface area contributed by atoms with Gasteiger partial charge in [0.15, 0.2) is 0 Å². The maximum atomic E-state index is 9.56. The first-order valence-electron chi connectivity index (χ1n) is 1.17. The molecule has 2 N–H and O–H groups in total. The molecule has 0 aliphatic heterocycles. The lowest BCUT2D eigenvalue weighted by molar-refractivity contribution is 0.379. The average molecular weight is 170 g/mol. The van der Waals surface area contributed by atoms with E-state index in [1.165, 1.54) is 0 Å². The first kappa shape index (κ1) is 15.7. The fourth-order valence-electron chi connectivity index (χ4n) is 0. The highest BCUT2D eigenvalue weighted by Gasteiger charge is 2.07. The highest BCUT2D eigenvalue weighted by molar-refractivity contribution is 7.53. The Morgan fingerprint density at radius 1 is 1.38 bits per heavy atom. The van der Waals surface area contributed by atoms with Crippen LogP contribution in [0.1, 0.15) is 0 Å². The van der Waals surface area contributed by atoms with Crippen molar-refractivity contribution >= 4 is 19.2 Å². The SMILES string of the molecule is F.F.O=P(O)(O)CCl. The Morgan fingerprint density at radius 3 is 1.50 bits per heavy atom. The molecule has 0 bridgehead atoms. The van der Waals surface area contributed by atoms with Crippen LogP contribution >= 0.6 is 19.2 Å². The zero-order valence-electron chi connectivity index (χ0n) is 3.65. The standard InChI is InChI=1S/CH4ClO3P.2FH/c2-1-6(3,4)5;;/h1H2,(H2,3,4,5);2*1H. The third kappa shape index (κ3) is 16.3. The maximum absolute atomic E-state index is 9.56. The number of alkyl halides is 1. The van der Waals surface area contributed by atoms with Crippen molar-refractivity contribution < 1.29 is 23.8 Å². The van der Waals surface area contributed by atoms with Gasteiger partial charge in [-0.15, -0.1) is 11.6 Å². The van der Waals surface area contributed by atoms with Crippen LogP contribution in [0.3, 0.4) is 0 Å². The summed E-state index contributed by atoms with van der Waals surface area (Å²) in [6.07, 6.45) is 0. The molecule has 0 aromatic heterocycles. The second-order valence-electron chi connectivity index (χ2n) is 0.784.